The Morgan fingerprint density at radius 3 is 2.58 bits per heavy atom. The third kappa shape index (κ3) is 6.55. The van der Waals surface area contributed by atoms with E-state index in [4.69, 9.17) is 4.74 Å². The van der Waals surface area contributed by atoms with Crippen molar-refractivity contribution in [1.82, 2.24) is 10.6 Å². The van der Waals surface area contributed by atoms with Crippen LogP contribution in [0.4, 0.5) is 0 Å². The zero-order valence-corrected chi connectivity index (χ0v) is 18.7. The average molecular weight is 435 g/mol. The number of amides is 2. The van der Waals surface area contributed by atoms with E-state index in [9.17, 15) is 9.59 Å². The minimum atomic E-state index is -0.365. The molecule has 2 aromatic carbocycles. The molecule has 5 nitrogen and oxygen atoms in total. The SMILES string of the molecule is Cc1cccc(C(=O)N/C(=C\c2cccs2)C(=O)N[C@H](C)COc2ccccc2C)c1. The molecule has 0 saturated carbocycles. The van der Waals surface area contributed by atoms with Gasteiger partial charge < -0.3 is 15.4 Å². The van der Waals surface area contributed by atoms with E-state index in [2.05, 4.69) is 10.6 Å². The summed E-state index contributed by atoms with van der Waals surface area (Å²) in [4.78, 5) is 26.5. The fourth-order valence-electron chi connectivity index (χ4n) is 2.93. The average Bonchev–Trinajstić information content (AvgIpc) is 3.26. The fraction of sp³-hybridized carbons (Fsp3) is 0.200. The summed E-state index contributed by atoms with van der Waals surface area (Å²) in [5, 5.41) is 7.59. The molecule has 0 saturated heterocycles. The molecule has 160 valence electrons. The highest BCUT2D eigenvalue weighted by Gasteiger charge is 2.17. The van der Waals surface area contributed by atoms with Crippen molar-refractivity contribution in [2.45, 2.75) is 26.8 Å². The fourth-order valence-corrected chi connectivity index (χ4v) is 3.59. The number of thiophene rings is 1. The van der Waals surface area contributed by atoms with Gasteiger partial charge in [0.1, 0.15) is 18.1 Å². The largest absolute Gasteiger partial charge is 0.491 e. The highest BCUT2D eigenvalue weighted by atomic mass is 32.1. The van der Waals surface area contributed by atoms with E-state index in [-0.39, 0.29) is 23.6 Å². The molecule has 0 fully saturated rings. The first kappa shape index (κ1) is 22.3. The van der Waals surface area contributed by atoms with Crippen molar-refractivity contribution in [2.75, 3.05) is 6.61 Å². The number of benzene rings is 2. The number of hydrogen-bond donors (Lipinski definition) is 2. The van der Waals surface area contributed by atoms with Crippen LogP contribution in [-0.2, 0) is 4.79 Å². The van der Waals surface area contributed by atoms with Gasteiger partial charge in [0.05, 0.1) is 6.04 Å². The van der Waals surface area contributed by atoms with Crippen molar-refractivity contribution in [1.29, 1.82) is 0 Å². The number of carbonyl (C=O) groups excluding carboxylic acids is 2. The Bertz CT molecular complexity index is 1070. The Balaban J connectivity index is 1.69. The third-order valence-corrected chi connectivity index (χ3v) is 5.38. The predicted molar refractivity (Wildman–Crippen MR) is 125 cm³/mol. The summed E-state index contributed by atoms with van der Waals surface area (Å²) >= 11 is 1.49. The molecule has 0 bridgehead atoms. The van der Waals surface area contributed by atoms with Crippen LogP contribution in [0.15, 0.2) is 71.7 Å². The zero-order chi connectivity index (χ0) is 22.2. The predicted octanol–water partition coefficient (Wildman–Crippen LogP) is 4.72. The van der Waals surface area contributed by atoms with Crippen LogP contribution in [0.5, 0.6) is 5.75 Å². The standard InChI is InChI=1S/C25H26N2O3S/c1-17-8-6-10-20(14-17)24(28)27-22(15-21-11-7-13-31-21)25(29)26-19(3)16-30-23-12-5-4-9-18(23)2/h4-15,19H,16H2,1-3H3,(H,26,29)(H,27,28)/b22-15-/t19-/m1/s1. The van der Waals surface area contributed by atoms with Gasteiger partial charge in [-0.3, -0.25) is 9.59 Å². The van der Waals surface area contributed by atoms with Crippen LogP contribution in [0, 0.1) is 13.8 Å². The van der Waals surface area contributed by atoms with Gasteiger partial charge in [-0.05, 0) is 62.1 Å². The van der Waals surface area contributed by atoms with Crippen LogP contribution < -0.4 is 15.4 Å². The molecule has 31 heavy (non-hydrogen) atoms. The molecule has 0 spiro atoms. The van der Waals surface area contributed by atoms with Crippen molar-refractivity contribution in [3.8, 4) is 5.75 Å². The smallest absolute Gasteiger partial charge is 0.268 e. The van der Waals surface area contributed by atoms with E-state index in [1.165, 1.54) is 11.3 Å². The zero-order valence-electron chi connectivity index (χ0n) is 17.8. The van der Waals surface area contributed by atoms with Crippen LogP contribution in [0.3, 0.4) is 0 Å². The highest BCUT2D eigenvalue weighted by molar-refractivity contribution is 7.10. The topological polar surface area (TPSA) is 67.4 Å². The molecule has 0 aliphatic rings. The molecule has 0 aliphatic carbocycles. The second-order valence-electron chi connectivity index (χ2n) is 7.35. The number of ether oxygens (including phenoxy) is 1. The summed E-state index contributed by atoms with van der Waals surface area (Å²) in [6.45, 7) is 6.07. The molecule has 0 aliphatic heterocycles. The summed E-state index contributed by atoms with van der Waals surface area (Å²) in [7, 11) is 0. The van der Waals surface area contributed by atoms with Gasteiger partial charge >= 0.3 is 0 Å². The molecule has 1 heterocycles. The first-order valence-corrected chi connectivity index (χ1v) is 10.9. The lowest BCUT2D eigenvalue weighted by molar-refractivity contribution is -0.118. The second-order valence-corrected chi connectivity index (χ2v) is 8.33. The minimum Gasteiger partial charge on any atom is -0.491 e. The highest BCUT2D eigenvalue weighted by Crippen LogP contribution is 2.17. The van der Waals surface area contributed by atoms with Crippen LogP contribution in [0.25, 0.3) is 6.08 Å². The number of hydrogen-bond acceptors (Lipinski definition) is 4. The van der Waals surface area contributed by atoms with E-state index in [0.717, 1.165) is 21.8 Å². The van der Waals surface area contributed by atoms with Crippen molar-refractivity contribution in [3.63, 3.8) is 0 Å². The summed E-state index contributed by atoms with van der Waals surface area (Å²) in [6, 6.07) is 18.5. The van der Waals surface area contributed by atoms with Crippen molar-refractivity contribution in [2.24, 2.45) is 0 Å². The van der Waals surface area contributed by atoms with E-state index in [0.29, 0.717) is 12.2 Å². The first-order chi connectivity index (χ1) is 14.9. The first-order valence-electron chi connectivity index (χ1n) is 10.0. The molecule has 1 atom stereocenters. The maximum atomic E-state index is 12.9. The quantitative estimate of drug-likeness (QED) is 0.504. The van der Waals surface area contributed by atoms with Crippen LogP contribution in [-0.4, -0.2) is 24.5 Å². The summed E-state index contributed by atoms with van der Waals surface area (Å²) in [6.07, 6.45) is 1.68. The van der Waals surface area contributed by atoms with E-state index < -0.39 is 0 Å². The van der Waals surface area contributed by atoms with Gasteiger partial charge in [0.25, 0.3) is 11.8 Å². The van der Waals surface area contributed by atoms with Gasteiger partial charge in [0, 0.05) is 10.4 Å². The van der Waals surface area contributed by atoms with Gasteiger partial charge in [0.2, 0.25) is 0 Å². The summed E-state index contributed by atoms with van der Waals surface area (Å²) < 4.78 is 5.83. The molecule has 3 aromatic rings. The van der Waals surface area contributed by atoms with Crippen molar-refractivity contribution >= 4 is 29.2 Å². The summed E-state index contributed by atoms with van der Waals surface area (Å²) in [5.74, 6) is 0.0893. The lowest BCUT2D eigenvalue weighted by Crippen LogP contribution is -2.41. The summed E-state index contributed by atoms with van der Waals surface area (Å²) in [5.41, 5.74) is 2.70. The molecular formula is C25H26N2O3S. The molecule has 6 heteroatoms. The third-order valence-electron chi connectivity index (χ3n) is 4.56. The Morgan fingerprint density at radius 1 is 1.06 bits per heavy atom. The van der Waals surface area contributed by atoms with Crippen LogP contribution in [0.1, 0.15) is 33.3 Å². The number of para-hydroxylation sites is 1. The Hall–Kier alpha value is -3.38. The van der Waals surface area contributed by atoms with Crippen molar-refractivity contribution < 1.29 is 14.3 Å². The van der Waals surface area contributed by atoms with E-state index in [1.54, 1.807) is 18.2 Å². The second kappa shape index (κ2) is 10.6. The molecular weight excluding hydrogens is 408 g/mol. The van der Waals surface area contributed by atoms with Gasteiger partial charge in [-0.2, -0.15) is 0 Å². The molecule has 1 aromatic heterocycles. The normalized spacial score (nSPS) is 12.2. The Labute approximate surface area is 186 Å². The maximum absolute atomic E-state index is 12.9. The Kier molecular flexibility index (Phi) is 7.62. The lowest BCUT2D eigenvalue weighted by Gasteiger charge is -2.17. The molecule has 2 amide bonds. The van der Waals surface area contributed by atoms with Crippen LogP contribution in [0.2, 0.25) is 0 Å². The Morgan fingerprint density at radius 2 is 1.87 bits per heavy atom. The molecule has 3 rings (SSSR count). The number of nitrogens with one attached hydrogen (secondary N) is 2. The molecule has 0 unspecified atom stereocenters. The maximum Gasteiger partial charge on any atom is 0.268 e. The lowest BCUT2D eigenvalue weighted by atomic mass is 10.1. The number of rotatable bonds is 8. The molecule has 2 N–H and O–H groups in total. The molecule has 0 radical (unpaired) electrons. The van der Waals surface area contributed by atoms with Gasteiger partial charge in [0.15, 0.2) is 0 Å². The van der Waals surface area contributed by atoms with Crippen molar-refractivity contribution in [3.05, 3.63) is 93.3 Å². The van der Waals surface area contributed by atoms with Gasteiger partial charge in [-0.15, -0.1) is 11.3 Å². The number of carbonyl (C=O) groups is 2. The van der Waals surface area contributed by atoms with Gasteiger partial charge in [-0.25, -0.2) is 0 Å². The van der Waals surface area contributed by atoms with E-state index in [1.807, 2.05) is 74.7 Å². The van der Waals surface area contributed by atoms with Crippen LogP contribution >= 0.6 is 11.3 Å². The number of aryl methyl sites for hydroxylation is 2. The van der Waals surface area contributed by atoms with E-state index >= 15 is 0 Å². The van der Waals surface area contributed by atoms with Gasteiger partial charge in [-0.1, -0.05) is 42.0 Å². The monoisotopic (exact) mass is 434 g/mol. The minimum absolute atomic E-state index is 0.191.